The van der Waals surface area contributed by atoms with Gasteiger partial charge in [0.15, 0.2) is 0 Å². The van der Waals surface area contributed by atoms with Gasteiger partial charge in [-0.3, -0.25) is 9.59 Å². The van der Waals surface area contributed by atoms with Crippen LogP contribution in [-0.2, 0) is 4.79 Å². The first kappa shape index (κ1) is 16.2. The third kappa shape index (κ3) is 3.79. The quantitative estimate of drug-likeness (QED) is 0.911. The maximum absolute atomic E-state index is 13.2. The fourth-order valence-electron chi connectivity index (χ4n) is 2.66. The summed E-state index contributed by atoms with van der Waals surface area (Å²) in [7, 11) is 0. The maximum Gasteiger partial charge on any atom is 0.289 e. The van der Waals surface area contributed by atoms with Gasteiger partial charge in [0.05, 0.1) is 0 Å². The number of rotatable bonds is 5. The molecule has 1 aliphatic heterocycles. The van der Waals surface area contributed by atoms with Crippen LogP contribution in [0.3, 0.4) is 0 Å². The predicted molar refractivity (Wildman–Crippen MR) is 84.7 cm³/mol. The maximum atomic E-state index is 13.2. The van der Waals surface area contributed by atoms with E-state index in [4.69, 9.17) is 4.52 Å². The lowest BCUT2D eigenvalue weighted by atomic mass is 10.1. The van der Waals surface area contributed by atoms with E-state index in [1.807, 2.05) is 4.90 Å². The highest BCUT2D eigenvalue weighted by atomic mass is 19.1. The van der Waals surface area contributed by atoms with Crippen molar-refractivity contribution in [1.82, 2.24) is 15.4 Å². The molecule has 0 spiro atoms. The zero-order valence-corrected chi connectivity index (χ0v) is 13.1. The number of nitrogens with one attached hydrogen (secondary N) is 1. The minimum Gasteiger partial charge on any atom is -0.350 e. The Morgan fingerprint density at radius 1 is 1.25 bits per heavy atom. The molecule has 0 aliphatic carbocycles. The van der Waals surface area contributed by atoms with Crippen molar-refractivity contribution in [2.75, 3.05) is 19.6 Å². The minimum atomic E-state index is -0.445. The Hall–Kier alpha value is -2.70. The van der Waals surface area contributed by atoms with Gasteiger partial charge < -0.3 is 14.7 Å². The van der Waals surface area contributed by atoms with Crippen LogP contribution in [-0.4, -0.2) is 41.5 Å². The number of benzene rings is 1. The van der Waals surface area contributed by atoms with Crippen LogP contribution < -0.4 is 5.32 Å². The second kappa shape index (κ2) is 7.25. The number of amides is 2. The number of likely N-dealkylation sites (tertiary alicyclic amines) is 1. The molecule has 24 heavy (non-hydrogen) atoms. The van der Waals surface area contributed by atoms with Gasteiger partial charge in [-0.05, 0) is 25.0 Å². The van der Waals surface area contributed by atoms with Crippen LogP contribution in [0.2, 0.25) is 0 Å². The molecule has 1 N–H and O–H groups in total. The number of carbonyl (C=O) groups is 2. The zero-order chi connectivity index (χ0) is 16.9. The van der Waals surface area contributed by atoms with Crippen molar-refractivity contribution in [3.8, 4) is 11.3 Å². The molecule has 2 amide bonds. The summed E-state index contributed by atoms with van der Waals surface area (Å²) in [5.74, 6) is -0.755. The van der Waals surface area contributed by atoms with E-state index in [9.17, 15) is 14.0 Å². The standard InChI is InChI=1S/C17H18FN3O3/c18-13-5-3-4-12(10-13)14-11-15(24-20-14)17(23)19-7-6-16(22)21-8-1-2-9-21/h3-5,10-11H,1-2,6-9H2,(H,19,23). The summed E-state index contributed by atoms with van der Waals surface area (Å²) >= 11 is 0. The summed E-state index contributed by atoms with van der Waals surface area (Å²) in [6.07, 6.45) is 2.34. The highest BCUT2D eigenvalue weighted by Gasteiger charge is 2.18. The third-order valence-electron chi connectivity index (χ3n) is 3.94. The van der Waals surface area contributed by atoms with Crippen molar-refractivity contribution >= 4 is 11.8 Å². The number of aromatic nitrogens is 1. The molecule has 1 aromatic heterocycles. The van der Waals surface area contributed by atoms with E-state index in [-0.39, 0.29) is 30.5 Å². The molecule has 7 heteroatoms. The van der Waals surface area contributed by atoms with Crippen LogP contribution in [0.1, 0.15) is 29.8 Å². The Kier molecular flexibility index (Phi) is 4.88. The van der Waals surface area contributed by atoms with Gasteiger partial charge in [-0.25, -0.2) is 4.39 Å². The fourth-order valence-corrected chi connectivity index (χ4v) is 2.66. The number of carbonyl (C=O) groups excluding carboxylic acids is 2. The summed E-state index contributed by atoms with van der Waals surface area (Å²) in [5, 5.41) is 6.41. The monoisotopic (exact) mass is 331 g/mol. The number of halogens is 1. The molecule has 1 aliphatic rings. The molecule has 0 bridgehead atoms. The van der Waals surface area contributed by atoms with Gasteiger partial charge in [-0.2, -0.15) is 0 Å². The first-order valence-corrected chi connectivity index (χ1v) is 7.92. The van der Waals surface area contributed by atoms with Gasteiger partial charge in [0.25, 0.3) is 5.91 Å². The molecular weight excluding hydrogens is 313 g/mol. The molecule has 126 valence electrons. The van der Waals surface area contributed by atoms with E-state index in [0.717, 1.165) is 25.9 Å². The Labute approximate surface area is 138 Å². The van der Waals surface area contributed by atoms with Crippen molar-refractivity contribution in [2.45, 2.75) is 19.3 Å². The van der Waals surface area contributed by atoms with Gasteiger partial charge in [-0.15, -0.1) is 0 Å². The summed E-state index contributed by atoms with van der Waals surface area (Å²) in [5.41, 5.74) is 0.912. The first-order valence-electron chi connectivity index (χ1n) is 7.92. The second-order valence-electron chi connectivity index (χ2n) is 5.68. The van der Waals surface area contributed by atoms with Crippen LogP contribution in [0, 0.1) is 5.82 Å². The Balaban J connectivity index is 1.53. The summed E-state index contributed by atoms with van der Waals surface area (Å²) in [6.45, 7) is 1.84. The van der Waals surface area contributed by atoms with Crippen LogP contribution in [0.4, 0.5) is 4.39 Å². The van der Waals surface area contributed by atoms with E-state index >= 15 is 0 Å². The molecule has 0 radical (unpaired) electrons. The lowest BCUT2D eigenvalue weighted by Gasteiger charge is -2.14. The van der Waals surface area contributed by atoms with E-state index in [1.54, 1.807) is 12.1 Å². The van der Waals surface area contributed by atoms with Gasteiger partial charge in [0.1, 0.15) is 11.5 Å². The molecule has 1 aromatic carbocycles. The lowest BCUT2D eigenvalue weighted by Crippen LogP contribution is -2.32. The van der Waals surface area contributed by atoms with Crippen LogP contribution >= 0.6 is 0 Å². The molecule has 0 unspecified atom stereocenters. The second-order valence-corrected chi connectivity index (χ2v) is 5.68. The topological polar surface area (TPSA) is 75.4 Å². The van der Waals surface area contributed by atoms with Gasteiger partial charge in [0.2, 0.25) is 11.7 Å². The molecule has 6 nitrogen and oxygen atoms in total. The molecule has 2 heterocycles. The Morgan fingerprint density at radius 2 is 2.04 bits per heavy atom. The van der Waals surface area contributed by atoms with Gasteiger partial charge in [0, 0.05) is 37.7 Å². The van der Waals surface area contributed by atoms with Crippen molar-refractivity contribution in [2.24, 2.45) is 0 Å². The Morgan fingerprint density at radius 3 is 2.79 bits per heavy atom. The zero-order valence-electron chi connectivity index (χ0n) is 13.1. The van der Waals surface area contributed by atoms with Crippen molar-refractivity contribution in [1.29, 1.82) is 0 Å². The molecule has 0 saturated carbocycles. The summed E-state index contributed by atoms with van der Waals surface area (Å²) in [4.78, 5) is 25.7. The molecule has 3 rings (SSSR count). The van der Waals surface area contributed by atoms with Gasteiger partial charge in [-0.1, -0.05) is 17.3 Å². The summed E-state index contributed by atoms with van der Waals surface area (Å²) in [6, 6.07) is 7.33. The van der Waals surface area contributed by atoms with Crippen LogP contribution in [0.5, 0.6) is 0 Å². The number of nitrogens with zero attached hydrogens (tertiary/aromatic N) is 2. The van der Waals surface area contributed by atoms with Gasteiger partial charge >= 0.3 is 0 Å². The van der Waals surface area contributed by atoms with Crippen LogP contribution in [0.25, 0.3) is 11.3 Å². The highest BCUT2D eigenvalue weighted by Crippen LogP contribution is 2.19. The van der Waals surface area contributed by atoms with Crippen molar-refractivity contribution < 1.29 is 18.5 Å². The predicted octanol–water partition coefficient (Wildman–Crippen LogP) is 2.22. The molecule has 1 saturated heterocycles. The number of hydrogen-bond acceptors (Lipinski definition) is 4. The van der Waals surface area contributed by atoms with E-state index in [2.05, 4.69) is 10.5 Å². The van der Waals surface area contributed by atoms with E-state index < -0.39 is 5.91 Å². The van der Waals surface area contributed by atoms with E-state index in [0.29, 0.717) is 11.3 Å². The average Bonchev–Trinajstić information content (AvgIpc) is 3.26. The average molecular weight is 331 g/mol. The highest BCUT2D eigenvalue weighted by molar-refractivity contribution is 5.92. The fraction of sp³-hybridized carbons (Fsp3) is 0.353. The first-order chi connectivity index (χ1) is 11.6. The smallest absolute Gasteiger partial charge is 0.289 e. The Bertz CT molecular complexity index is 738. The molecule has 2 aromatic rings. The lowest BCUT2D eigenvalue weighted by molar-refractivity contribution is -0.129. The van der Waals surface area contributed by atoms with Crippen molar-refractivity contribution in [3.63, 3.8) is 0 Å². The third-order valence-corrected chi connectivity index (χ3v) is 3.94. The van der Waals surface area contributed by atoms with E-state index in [1.165, 1.54) is 18.2 Å². The normalized spacial score (nSPS) is 14.0. The molecular formula is C17H18FN3O3. The largest absolute Gasteiger partial charge is 0.350 e. The summed E-state index contributed by atoms with van der Waals surface area (Å²) < 4.78 is 18.2. The SMILES string of the molecule is O=C(NCCC(=O)N1CCCC1)c1cc(-c2cccc(F)c2)no1. The molecule has 1 fully saturated rings. The molecule has 0 atom stereocenters. The minimum absolute atomic E-state index is 0.0304. The van der Waals surface area contributed by atoms with Crippen LogP contribution in [0.15, 0.2) is 34.9 Å². The van der Waals surface area contributed by atoms with Crippen molar-refractivity contribution in [3.05, 3.63) is 41.9 Å². The number of hydrogen-bond donors (Lipinski definition) is 1.